The van der Waals surface area contributed by atoms with Gasteiger partial charge in [0.2, 0.25) is 0 Å². The molecule has 0 aliphatic heterocycles. The number of benzene rings is 2. The van der Waals surface area contributed by atoms with Gasteiger partial charge >= 0.3 is 0 Å². The van der Waals surface area contributed by atoms with Gasteiger partial charge in [0, 0.05) is 12.0 Å². The molecule has 3 heteroatoms. The van der Waals surface area contributed by atoms with Gasteiger partial charge in [-0.15, -0.1) is 0 Å². The minimum Gasteiger partial charge on any atom is -0.507 e. The maximum atomic E-state index is 12.0. The lowest BCUT2D eigenvalue weighted by Gasteiger charge is -2.04. The van der Waals surface area contributed by atoms with Crippen LogP contribution in [0, 0.1) is 0 Å². The van der Waals surface area contributed by atoms with Crippen LogP contribution in [0.2, 0.25) is 5.02 Å². The van der Waals surface area contributed by atoms with Crippen LogP contribution in [-0.4, -0.2) is 10.9 Å². The monoisotopic (exact) mass is 234 g/mol. The third-order valence-electron chi connectivity index (χ3n) is 2.24. The lowest BCUT2D eigenvalue weighted by molar-refractivity contribution is 0.103. The van der Waals surface area contributed by atoms with Crippen LogP contribution in [0.15, 0.2) is 48.5 Å². The highest BCUT2D eigenvalue weighted by atomic mass is 35.5. The maximum Gasteiger partial charge on any atom is 0.196 e. The van der Waals surface area contributed by atoms with Crippen LogP contribution >= 0.6 is 11.6 Å². The van der Waals surface area contributed by atoms with Gasteiger partial charge in [0.25, 0.3) is 0 Å². The first-order valence-corrected chi connectivity index (χ1v) is 5.14. The molecule has 0 heterocycles. The van der Waals surface area contributed by atoms with E-state index in [-0.39, 0.29) is 18.5 Å². The second-order valence-corrected chi connectivity index (χ2v) is 3.79. The zero-order valence-electron chi connectivity index (χ0n) is 8.35. The molecule has 0 radical (unpaired) electrons. The molecule has 0 bridgehead atoms. The summed E-state index contributed by atoms with van der Waals surface area (Å²) in [6, 6.07) is 13.2. The summed E-state index contributed by atoms with van der Waals surface area (Å²) in [5.41, 5.74) is 0.749. The highest BCUT2D eigenvalue weighted by Crippen LogP contribution is 2.24. The van der Waals surface area contributed by atoms with Crippen molar-refractivity contribution >= 4 is 17.4 Å². The average molecular weight is 235 g/mol. The Kier molecular flexibility index (Phi) is 2.93. The van der Waals surface area contributed by atoms with Crippen LogP contribution in [0.3, 0.4) is 0 Å². The zero-order valence-corrected chi connectivity index (χ0v) is 9.11. The van der Waals surface area contributed by atoms with Gasteiger partial charge in [-0.2, -0.15) is 0 Å². The number of rotatable bonds is 2. The molecule has 2 aromatic carbocycles. The number of carbonyl (C=O) groups is 1. The van der Waals surface area contributed by atoms with Crippen LogP contribution in [-0.2, 0) is 0 Å². The summed E-state index contributed by atoms with van der Waals surface area (Å²) < 4.78 is 0. The Morgan fingerprint density at radius 3 is 2.50 bits per heavy atom. The molecule has 0 amide bonds. The molecule has 2 rings (SSSR count). The van der Waals surface area contributed by atoms with Gasteiger partial charge in [-0.3, -0.25) is 4.79 Å². The minimum absolute atomic E-state index is 0. The number of carbonyl (C=O) groups excluding carboxylic acids is 1. The van der Waals surface area contributed by atoms with Crippen molar-refractivity contribution in [3.8, 4) is 5.75 Å². The molecule has 0 aliphatic rings. The molecule has 1 N–H and O–H groups in total. The predicted molar refractivity (Wildman–Crippen MR) is 65.1 cm³/mol. The summed E-state index contributed by atoms with van der Waals surface area (Å²) in [7, 11) is 0. The van der Waals surface area contributed by atoms with E-state index in [0.717, 1.165) is 0 Å². The van der Waals surface area contributed by atoms with Crippen LogP contribution in [0.25, 0.3) is 0 Å². The van der Waals surface area contributed by atoms with E-state index in [9.17, 15) is 9.90 Å². The van der Waals surface area contributed by atoms with Gasteiger partial charge in [-0.1, -0.05) is 41.9 Å². The lowest BCUT2D eigenvalue weighted by Crippen LogP contribution is -2.01. The molecule has 2 aromatic rings. The fraction of sp³-hybridized carbons (Fsp3) is 0. The molecule has 0 atom stereocenters. The number of hydrogen-bond acceptors (Lipinski definition) is 2. The molecule has 0 fully saturated rings. The largest absolute Gasteiger partial charge is 0.507 e. The Morgan fingerprint density at radius 1 is 1.12 bits per heavy atom. The topological polar surface area (TPSA) is 37.3 Å². The second kappa shape index (κ2) is 4.37. The third-order valence-corrected chi connectivity index (χ3v) is 2.47. The van der Waals surface area contributed by atoms with Crippen molar-refractivity contribution in [2.45, 2.75) is 0 Å². The van der Waals surface area contributed by atoms with E-state index in [1.807, 2.05) is 6.07 Å². The summed E-state index contributed by atoms with van der Waals surface area (Å²) >= 11 is 5.79. The Morgan fingerprint density at radius 2 is 1.81 bits per heavy atom. The first kappa shape index (κ1) is 10.7. The van der Waals surface area contributed by atoms with E-state index >= 15 is 0 Å². The highest BCUT2D eigenvalue weighted by Gasteiger charge is 2.13. The first-order valence-electron chi connectivity index (χ1n) is 4.77. The molecule has 0 spiro atoms. The molecular formula is C13H11ClO2. The third kappa shape index (κ3) is 2.07. The van der Waals surface area contributed by atoms with E-state index in [4.69, 9.17) is 11.6 Å². The van der Waals surface area contributed by atoms with Crippen molar-refractivity contribution in [2.75, 3.05) is 0 Å². The molecule has 0 saturated heterocycles. The number of aromatic hydroxyl groups is 1. The van der Waals surface area contributed by atoms with Crippen LogP contribution < -0.4 is 0 Å². The van der Waals surface area contributed by atoms with Gasteiger partial charge in [0.1, 0.15) is 5.75 Å². The van der Waals surface area contributed by atoms with Gasteiger partial charge in [0.05, 0.1) is 5.56 Å². The Labute approximate surface area is 99.6 Å². The number of halogens is 1. The summed E-state index contributed by atoms with van der Waals surface area (Å²) in [5.74, 6) is -0.293. The Bertz CT molecular complexity index is 526. The van der Waals surface area contributed by atoms with Crippen LogP contribution in [0.1, 0.15) is 17.3 Å². The highest BCUT2D eigenvalue weighted by molar-refractivity contribution is 6.31. The van der Waals surface area contributed by atoms with E-state index in [1.165, 1.54) is 12.1 Å². The molecule has 82 valence electrons. The molecule has 0 aromatic heterocycles. The number of phenolic OH excluding ortho intramolecular Hbond substituents is 1. The van der Waals surface area contributed by atoms with E-state index in [1.54, 1.807) is 30.3 Å². The smallest absolute Gasteiger partial charge is 0.196 e. The number of ketones is 1. The van der Waals surface area contributed by atoms with Crippen molar-refractivity contribution in [2.24, 2.45) is 0 Å². The minimum atomic E-state index is -0.236. The van der Waals surface area contributed by atoms with Crippen molar-refractivity contribution < 1.29 is 11.3 Å². The molecule has 16 heavy (non-hydrogen) atoms. The summed E-state index contributed by atoms with van der Waals surface area (Å²) in [6.07, 6.45) is 0. The van der Waals surface area contributed by atoms with Crippen LogP contribution in [0.5, 0.6) is 5.75 Å². The van der Waals surface area contributed by atoms with Gasteiger partial charge in [-0.25, -0.2) is 0 Å². The first-order chi connectivity index (χ1) is 7.68. The zero-order chi connectivity index (χ0) is 11.5. The molecule has 0 saturated carbocycles. The van der Waals surface area contributed by atoms with Crippen molar-refractivity contribution in [3.63, 3.8) is 0 Å². The summed E-state index contributed by atoms with van der Waals surface area (Å²) in [4.78, 5) is 12.0. The standard InChI is InChI=1S/C13H9ClO2.H2/c14-10-6-7-12(15)11(8-10)13(16)9-4-2-1-3-5-9;/h1-8,15H;1H. The van der Waals surface area contributed by atoms with E-state index < -0.39 is 0 Å². The van der Waals surface area contributed by atoms with Gasteiger partial charge in [0.15, 0.2) is 5.78 Å². The molecule has 0 unspecified atom stereocenters. The number of phenols is 1. The SMILES string of the molecule is O=C(c1ccccc1)c1cc(Cl)ccc1O.[HH]. The Balaban J connectivity index is 0.00000144. The van der Waals surface area contributed by atoms with Crippen molar-refractivity contribution in [1.82, 2.24) is 0 Å². The van der Waals surface area contributed by atoms with Gasteiger partial charge < -0.3 is 5.11 Å². The summed E-state index contributed by atoms with van der Waals surface area (Å²) in [5, 5.41) is 10.0. The molecule has 0 aliphatic carbocycles. The fourth-order valence-corrected chi connectivity index (χ4v) is 1.61. The Hall–Kier alpha value is -1.80. The van der Waals surface area contributed by atoms with E-state index in [0.29, 0.717) is 10.6 Å². The quantitative estimate of drug-likeness (QED) is 0.808. The number of hydrogen-bond donors (Lipinski definition) is 1. The summed E-state index contributed by atoms with van der Waals surface area (Å²) in [6.45, 7) is 0. The maximum absolute atomic E-state index is 12.0. The fourth-order valence-electron chi connectivity index (χ4n) is 1.44. The lowest BCUT2D eigenvalue weighted by atomic mass is 10.0. The van der Waals surface area contributed by atoms with Gasteiger partial charge in [-0.05, 0) is 18.2 Å². The normalized spacial score (nSPS) is 10.1. The predicted octanol–water partition coefficient (Wildman–Crippen LogP) is 3.52. The molecular weight excluding hydrogens is 224 g/mol. The van der Waals surface area contributed by atoms with Crippen LogP contribution in [0.4, 0.5) is 0 Å². The molecule has 2 nitrogen and oxygen atoms in total. The van der Waals surface area contributed by atoms with Crippen molar-refractivity contribution in [3.05, 3.63) is 64.7 Å². The average Bonchev–Trinajstić information content (AvgIpc) is 2.32. The van der Waals surface area contributed by atoms with Crippen molar-refractivity contribution in [1.29, 1.82) is 0 Å². The second-order valence-electron chi connectivity index (χ2n) is 3.36. The van der Waals surface area contributed by atoms with E-state index in [2.05, 4.69) is 0 Å².